The molecule has 3 N–H and O–H groups in total. The summed E-state index contributed by atoms with van der Waals surface area (Å²) in [6.07, 6.45) is -1.50. The van der Waals surface area contributed by atoms with E-state index < -0.39 is 54.0 Å². The summed E-state index contributed by atoms with van der Waals surface area (Å²) in [5.74, 6) is -1.74. The van der Waals surface area contributed by atoms with Crippen LogP contribution in [0.4, 0.5) is 4.39 Å². The molecular formula is C19H20FN3O7. The average Bonchev–Trinajstić information content (AvgIpc) is 3.09. The van der Waals surface area contributed by atoms with Gasteiger partial charge in [0.05, 0.1) is 6.61 Å². The average molecular weight is 421 g/mol. The SMILES string of the molecule is CC(=O)O[C@H]1C[C@H](n2cc(C(=O)NCc3ccc(F)cc3)c(=O)[nH]c2=O)O[C@@H]1CO. The number of nitrogens with zero attached hydrogens (tertiary/aromatic N) is 1. The number of benzene rings is 1. The maximum Gasteiger partial charge on any atom is 0.330 e. The molecule has 1 aromatic carbocycles. The van der Waals surface area contributed by atoms with Crippen molar-refractivity contribution in [3.8, 4) is 0 Å². The molecule has 0 radical (unpaired) electrons. The van der Waals surface area contributed by atoms with Crippen LogP contribution in [0.3, 0.4) is 0 Å². The largest absolute Gasteiger partial charge is 0.460 e. The van der Waals surface area contributed by atoms with Gasteiger partial charge in [-0.3, -0.25) is 23.9 Å². The predicted octanol–water partition coefficient (Wildman–Crippen LogP) is -0.183. The van der Waals surface area contributed by atoms with Gasteiger partial charge < -0.3 is 19.9 Å². The number of ether oxygens (including phenoxy) is 2. The number of hydrogen-bond donors (Lipinski definition) is 3. The smallest absolute Gasteiger partial charge is 0.330 e. The number of hydrogen-bond acceptors (Lipinski definition) is 7. The Balaban J connectivity index is 1.79. The molecule has 0 spiro atoms. The monoisotopic (exact) mass is 421 g/mol. The molecule has 1 aromatic heterocycles. The van der Waals surface area contributed by atoms with Crippen LogP contribution in [-0.4, -0.2) is 45.3 Å². The van der Waals surface area contributed by atoms with E-state index in [9.17, 15) is 28.7 Å². The predicted molar refractivity (Wildman–Crippen MR) is 100 cm³/mol. The third-order valence-corrected chi connectivity index (χ3v) is 4.57. The molecule has 3 atom stereocenters. The summed E-state index contributed by atoms with van der Waals surface area (Å²) >= 11 is 0. The Morgan fingerprint density at radius 1 is 1.33 bits per heavy atom. The number of aromatic nitrogens is 2. The number of amides is 1. The van der Waals surface area contributed by atoms with Crippen molar-refractivity contribution in [3.63, 3.8) is 0 Å². The number of carbonyl (C=O) groups excluding carboxylic acids is 2. The molecule has 1 amide bonds. The maximum absolute atomic E-state index is 13.0. The summed E-state index contributed by atoms with van der Waals surface area (Å²) in [5, 5.41) is 11.9. The highest BCUT2D eigenvalue weighted by molar-refractivity contribution is 5.93. The molecule has 0 saturated carbocycles. The highest BCUT2D eigenvalue weighted by atomic mass is 19.1. The molecule has 30 heavy (non-hydrogen) atoms. The fourth-order valence-electron chi connectivity index (χ4n) is 3.11. The topological polar surface area (TPSA) is 140 Å². The molecule has 2 heterocycles. The molecule has 11 heteroatoms. The van der Waals surface area contributed by atoms with E-state index in [1.165, 1.54) is 31.2 Å². The van der Waals surface area contributed by atoms with E-state index in [4.69, 9.17) is 9.47 Å². The van der Waals surface area contributed by atoms with E-state index in [0.717, 1.165) is 10.8 Å². The summed E-state index contributed by atoms with van der Waals surface area (Å²) in [7, 11) is 0. The summed E-state index contributed by atoms with van der Waals surface area (Å²) < 4.78 is 24.6. The number of esters is 1. The van der Waals surface area contributed by atoms with Gasteiger partial charge >= 0.3 is 11.7 Å². The molecule has 0 bridgehead atoms. The van der Waals surface area contributed by atoms with Gasteiger partial charge in [0, 0.05) is 26.1 Å². The molecule has 0 aliphatic carbocycles. The van der Waals surface area contributed by atoms with Crippen molar-refractivity contribution in [3.05, 3.63) is 68.2 Å². The second-order valence-corrected chi connectivity index (χ2v) is 6.71. The van der Waals surface area contributed by atoms with E-state index in [0.29, 0.717) is 5.56 Å². The van der Waals surface area contributed by atoms with Gasteiger partial charge in [-0.2, -0.15) is 0 Å². The van der Waals surface area contributed by atoms with Gasteiger partial charge in [0.15, 0.2) is 0 Å². The van der Waals surface area contributed by atoms with Crippen molar-refractivity contribution in [2.24, 2.45) is 0 Å². The zero-order valence-corrected chi connectivity index (χ0v) is 16.0. The van der Waals surface area contributed by atoms with Crippen LogP contribution in [0.25, 0.3) is 0 Å². The molecule has 1 aliphatic rings. The van der Waals surface area contributed by atoms with Gasteiger partial charge in [-0.15, -0.1) is 0 Å². The molecule has 3 rings (SSSR count). The third-order valence-electron chi connectivity index (χ3n) is 4.57. The van der Waals surface area contributed by atoms with Gasteiger partial charge in [-0.25, -0.2) is 9.18 Å². The fraction of sp³-hybridized carbons (Fsp3) is 0.368. The van der Waals surface area contributed by atoms with Gasteiger partial charge in [0.1, 0.15) is 29.8 Å². The molecule has 10 nitrogen and oxygen atoms in total. The fourth-order valence-corrected chi connectivity index (χ4v) is 3.11. The zero-order chi connectivity index (χ0) is 21.8. The lowest BCUT2D eigenvalue weighted by Crippen LogP contribution is -2.38. The third kappa shape index (κ3) is 4.81. The van der Waals surface area contributed by atoms with Crippen molar-refractivity contribution in [1.29, 1.82) is 0 Å². The molecule has 1 fully saturated rings. The Morgan fingerprint density at radius 3 is 2.67 bits per heavy atom. The first-order valence-corrected chi connectivity index (χ1v) is 9.10. The lowest BCUT2D eigenvalue weighted by molar-refractivity contribution is -0.150. The van der Waals surface area contributed by atoms with Gasteiger partial charge in [0.2, 0.25) is 0 Å². The number of H-pyrrole nitrogens is 1. The minimum absolute atomic E-state index is 0.0404. The molecule has 2 aromatic rings. The van der Waals surface area contributed by atoms with Crippen LogP contribution in [-0.2, 0) is 20.8 Å². The summed E-state index contributed by atoms with van der Waals surface area (Å²) in [6.45, 7) is 0.799. The van der Waals surface area contributed by atoms with Crippen LogP contribution in [0.1, 0.15) is 35.5 Å². The number of rotatable bonds is 6. The van der Waals surface area contributed by atoms with Crippen LogP contribution in [0.2, 0.25) is 0 Å². The first-order chi connectivity index (χ1) is 14.3. The van der Waals surface area contributed by atoms with Crippen molar-refractivity contribution in [1.82, 2.24) is 14.9 Å². The summed E-state index contributed by atoms with van der Waals surface area (Å²) in [6, 6.07) is 5.45. The standard InChI is InChI=1S/C19H20FN3O7/c1-10(25)29-14-6-16(30-15(14)9-24)23-8-13(18(27)22-19(23)28)17(26)21-7-11-2-4-12(20)5-3-11/h2-5,8,14-16,24H,6-7,9H2,1H3,(H,21,26)(H,22,27,28)/t14-,15+,16+/m0/s1. The Labute approximate surface area is 169 Å². The lowest BCUT2D eigenvalue weighted by atomic mass is 10.2. The lowest BCUT2D eigenvalue weighted by Gasteiger charge is -2.15. The van der Waals surface area contributed by atoms with Crippen molar-refractivity contribution in [2.45, 2.75) is 38.3 Å². The normalized spacial score (nSPS) is 20.7. The number of aliphatic hydroxyl groups is 1. The van der Waals surface area contributed by atoms with Crippen LogP contribution in [0.5, 0.6) is 0 Å². The molecule has 1 saturated heterocycles. The van der Waals surface area contributed by atoms with Gasteiger partial charge in [0.25, 0.3) is 11.5 Å². The highest BCUT2D eigenvalue weighted by Gasteiger charge is 2.38. The molecule has 1 aliphatic heterocycles. The quantitative estimate of drug-likeness (QED) is 0.550. The summed E-state index contributed by atoms with van der Waals surface area (Å²) in [5.41, 5.74) is -1.43. The number of aromatic amines is 1. The van der Waals surface area contributed by atoms with E-state index in [1.54, 1.807) is 0 Å². The number of nitrogens with one attached hydrogen (secondary N) is 2. The molecule has 160 valence electrons. The van der Waals surface area contributed by atoms with Crippen molar-refractivity contribution < 1.29 is 28.6 Å². The van der Waals surface area contributed by atoms with Crippen LogP contribution >= 0.6 is 0 Å². The van der Waals surface area contributed by atoms with Crippen LogP contribution < -0.4 is 16.6 Å². The Morgan fingerprint density at radius 2 is 2.03 bits per heavy atom. The first-order valence-electron chi connectivity index (χ1n) is 9.10. The summed E-state index contributed by atoms with van der Waals surface area (Å²) in [4.78, 5) is 50.0. The van der Waals surface area contributed by atoms with E-state index in [-0.39, 0.29) is 18.5 Å². The number of carbonyl (C=O) groups is 2. The zero-order valence-electron chi connectivity index (χ0n) is 16.0. The minimum atomic E-state index is -0.959. The van der Waals surface area contributed by atoms with E-state index in [2.05, 4.69) is 10.3 Å². The van der Waals surface area contributed by atoms with E-state index in [1.807, 2.05) is 0 Å². The first kappa shape index (κ1) is 21.4. The van der Waals surface area contributed by atoms with Crippen molar-refractivity contribution >= 4 is 11.9 Å². The van der Waals surface area contributed by atoms with Crippen molar-refractivity contribution in [2.75, 3.05) is 6.61 Å². The Bertz CT molecular complexity index is 1050. The number of aliphatic hydroxyl groups excluding tert-OH is 1. The Hall–Kier alpha value is -3.31. The minimum Gasteiger partial charge on any atom is -0.460 e. The number of halogens is 1. The second-order valence-electron chi connectivity index (χ2n) is 6.71. The second kappa shape index (κ2) is 9.01. The highest BCUT2D eigenvalue weighted by Crippen LogP contribution is 2.29. The molecule has 0 unspecified atom stereocenters. The van der Waals surface area contributed by atoms with Crippen LogP contribution in [0.15, 0.2) is 40.1 Å². The van der Waals surface area contributed by atoms with Gasteiger partial charge in [-0.05, 0) is 17.7 Å². The molecular weight excluding hydrogens is 401 g/mol. The van der Waals surface area contributed by atoms with Gasteiger partial charge in [-0.1, -0.05) is 12.1 Å². The van der Waals surface area contributed by atoms with E-state index >= 15 is 0 Å². The maximum atomic E-state index is 13.0. The van der Waals surface area contributed by atoms with Crippen LogP contribution in [0, 0.1) is 5.82 Å². The Kier molecular flexibility index (Phi) is 6.43.